The summed E-state index contributed by atoms with van der Waals surface area (Å²) >= 11 is 0. The molecule has 2 atom stereocenters. The summed E-state index contributed by atoms with van der Waals surface area (Å²) in [7, 11) is 2.53. The molecule has 0 bridgehead atoms. The number of hydrogen-bond acceptors (Lipinski definition) is 6. The van der Waals surface area contributed by atoms with E-state index in [4.69, 9.17) is 9.47 Å². The number of carbonyl (C=O) groups is 2. The van der Waals surface area contributed by atoms with E-state index in [9.17, 15) is 14.7 Å². The number of rotatable bonds is 5. The van der Waals surface area contributed by atoms with Gasteiger partial charge in [-0.25, -0.2) is 4.79 Å². The molecule has 0 heterocycles. The van der Waals surface area contributed by atoms with Gasteiger partial charge in [0.15, 0.2) is 0 Å². The van der Waals surface area contributed by atoms with E-state index in [1.165, 1.54) is 14.2 Å². The van der Waals surface area contributed by atoms with E-state index in [2.05, 4.69) is 4.90 Å². The Morgan fingerprint density at radius 3 is 2.17 bits per heavy atom. The zero-order valence-electron chi connectivity index (χ0n) is 18.3. The van der Waals surface area contributed by atoms with Gasteiger partial charge in [-0.05, 0) is 44.0 Å². The Labute approximate surface area is 177 Å². The van der Waals surface area contributed by atoms with Crippen molar-refractivity contribution in [3.63, 3.8) is 0 Å². The molecular formula is C24H29NO5. The van der Waals surface area contributed by atoms with E-state index in [0.29, 0.717) is 11.3 Å². The highest BCUT2D eigenvalue weighted by molar-refractivity contribution is 6.06. The Balaban J connectivity index is 2.49. The predicted molar refractivity (Wildman–Crippen MR) is 115 cm³/mol. The Morgan fingerprint density at radius 2 is 1.60 bits per heavy atom. The van der Waals surface area contributed by atoms with E-state index in [-0.39, 0.29) is 17.7 Å². The molecule has 30 heavy (non-hydrogen) atoms. The van der Waals surface area contributed by atoms with Gasteiger partial charge < -0.3 is 19.5 Å². The van der Waals surface area contributed by atoms with Crippen LogP contribution in [0.3, 0.4) is 0 Å². The average Bonchev–Trinajstić information content (AvgIpc) is 2.72. The highest BCUT2D eigenvalue weighted by Gasteiger charge is 2.46. The SMILES string of the molecule is COC(=O)C1=C(N(C(C)C)C(C)C)c2ccc3ccccc3c2[C@@H](O)[C@@H]1C(=O)OC. The number of aliphatic hydroxyl groups excluding tert-OH is 1. The molecule has 0 unspecified atom stereocenters. The van der Waals surface area contributed by atoms with E-state index in [1.807, 2.05) is 64.1 Å². The van der Waals surface area contributed by atoms with E-state index in [0.717, 1.165) is 16.3 Å². The second-order valence-electron chi connectivity index (χ2n) is 8.04. The molecule has 3 rings (SSSR count). The molecule has 0 amide bonds. The molecular weight excluding hydrogens is 382 g/mol. The lowest BCUT2D eigenvalue weighted by molar-refractivity contribution is -0.151. The normalized spacial score (nSPS) is 18.6. The fourth-order valence-electron chi connectivity index (χ4n) is 4.54. The summed E-state index contributed by atoms with van der Waals surface area (Å²) in [5.41, 5.74) is 2.08. The van der Waals surface area contributed by atoms with Crippen molar-refractivity contribution in [2.24, 2.45) is 5.92 Å². The van der Waals surface area contributed by atoms with E-state index >= 15 is 0 Å². The number of hydrogen-bond donors (Lipinski definition) is 1. The lowest BCUT2D eigenvalue weighted by Gasteiger charge is -2.42. The van der Waals surface area contributed by atoms with Crippen molar-refractivity contribution in [1.29, 1.82) is 0 Å². The summed E-state index contributed by atoms with van der Waals surface area (Å²) in [6.07, 6.45) is -1.24. The van der Waals surface area contributed by atoms with Crippen molar-refractivity contribution in [1.82, 2.24) is 4.90 Å². The average molecular weight is 411 g/mol. The zero-order chi connectivity index (χ0) is 22.2. The first-order valence-electron chi connectivity index (χ1n) is 10.1. The molecule has 6 heteroatoms. The molecule has 0 aliphatic heterocycles. The van der Waals surface area contributed by atoms with E-state index < -0.39 is 24.0 Å². The molecule has 2 aromatic rings. The minimum absolute atomic E-state index is 0.0347. The van der Waals surface area contributed by atoms with Gasteiger partial charge in [0.1, 0.15) is 5.92 Å². The van der Waals surface area contributed by atoms with Gasteiger partial charge in [-0.2, -0.15) is 0 Å². The predicted octanol–water partition coefficient (Wildman–Crippen LogP) is 3.68. The van der Waals surface area contributed by atoms with Crippen LogP contribution < -0.4 is 0 Å². The molecule has 6 nitrogen and oxygen atoms in total. The van der Waals surface area contributed by atoms with Gasteiger partial charge in [0.05, 0.1) is 31.6 Å². The van der Waals surface area contributed by atoms with Crippen LogP contribution in [-0.2, 0) is 19.1 Å². The molecule has 0 saturated carbocycles. The molecule has 0 spiro atoms. The summed E-state index contributed by atoms with van der Waals surface area (Å²) in [4.78, 5) is 27.9. The first-order chi connectivity index (χ1) is 14.2. The van der Waals surface area contributed by atoms with Gasteiger partial charge in [0, 0.05) is 17.6 Å². The topological polar surface area (TPSA) is 76.1 Å². The highest BCUT2D eigenvalue weighted by atomic mass is 16.5. The zero-order valence-corrected chi connectivity index (χ0v) is 18.3. The summed E-state index contributed by atoms with van der Waals surface area (Å²) in [6, 6.07) is 11.6. The lowest BCUT2D eigenvalue weighted by atomic mass is 9.76. The minimum Gasteiger partial charge on any atom is -0.468 e. The lowest BCUT2D eigenvalue weighted by Crippen LogP contribution is -2.42. The Kier molecular flexibility index (Phi) is 6.17. The number of benzene rings is 2. The molecule has 0 radical (unpaired) electrons. The standard InChI is InChI=1S/C24H29NO5/c1-13(2)25(14(3)4)21-17-12-11-15-9-7-8-10-16(15)18(17)22(26)20(24(28)30-6)19(21)23(27)29-5/h7-14,20,22,26H,1-6H3/t20-,22-/m1/s1. The molecule has 0 saturated heterocycles. The third kappa shape index (κ3) is 3.45. The first-order valence-corrected chi connectivity index (χ1v) is 10.1. The number of esters is 2. The number of fused-ring (bicyclic) bond motifs is 3. The van der Waals surface area contributed by atoms with Crippen LogP contribution in [0.2, 0.25) is 0 Å². The summed E-state index contributed by atoms with van der Waals surface area (Å²) in [5, 5.41) is 13.1. The summed E-state index contributed by atoms with van der Waals surface area (Å²) < 4.78 is 10.1. The number of carbonyl (C=O) groups excluding carboxylic acids is 2. The van der Waals surface area contributed by atoms with Crippen LogP contribution in [0.25, 0.3) is 16.5 Å². The van der Waals surface area contributed by atoms with Crippen LogP contribution in [0.1, 0.15) is 44.9 Å². The maximum Gasteiger partial charge on any atom is 0.336 e. The minimum atomic E-state index is -1.24. The smallest absolute Gasteiger partial charge is 0.336 e. The molecule has 1 aliphatic carbocycles. The maximum atomic E-state index is 13.0. The van der Waals surface area contributed by atoms with Gasteiger partial charge in [0.2, 0.25) is 0 Å². The summed E-state index contributed by atoms with van der Waals surface area (Å²) in [5.74, 6) is -2.51. The van der Waals surface area contributed by atoms with Crippen LogP contribution in [0, 0.1) is 5.92 Å². The Hall–Kier alpha value is -2.86. The largest absolute Gasteiger partial charge is 0.468 e. The van der Waals surface area contributed by atoms with Crippen LogP contribution in [-0.4, -0.2) is 48.2 Å². The monoisotopic (exact) mass is 411 g/mol. The fourth-order valence-corrected chi connectivity index (χ4v) is 4.54. The van der Waals surface area contributed by atoms with Crippen molar-refractivity contribution in [3.05, 3.63) is 53.1 Å². The van der Waals surface area contributed by atoms with Crippen LogP contribution in [0.15, 0.2) is 42.0 Å². The van der Waals surface area contributed by atoms with Gasteiger partial charge in [-0.15, -0.1) is 0 Å². The second-order valence-corrected chi connectivity index (χ2v) is 8.04. The highest BCUT2D eigenvalue weighted by Crippen LogP contribution is 2.47. The third-order valence-corrected chi connectivity index (χ3v) is 5.63. The van der Waals surface area contributed by atoms with Gasteiger partial charge in [-0.3, -0.25) is 4.79 Å². The first kappa shape index (κ1) is 21.8. The van der Waals surface area contributed by atoms with Crippen LogP contribution in [0.4, 0.5) is 0 Å². The quantitative estimate of drug-likeness (QED) is 0.757. The molecule has 0 fully saturated rings. The third-order valence-electron chi connectivity index (χ3n) is 5.63. The van der Waals surface area contributed by atoms with Gasteiger partial charge in [0.25, 0.3) is 0 Å². The van der Waals surface area contributed by atoms with Crippen LogP contribution in [0.5, 0.6) is 0 Å². The van der Waals surface area contributed by atoms with Gasteiger partial charge in [-0.1, -0.05) is 36.4 Å². The van der Waals surface area contributed by atoms with Gasteiger partial charge >= 0.3 is 11.9 Å². The maximum absolute atomic E-state index is 13.0. The molecule has 2 aromatic carbocycles. The van der Waals surface area contributed by atoms with Crippen molar-refractivity contribution < 1.29 is 24.2 Å². The molecule has 0 aromatic heterocycles. The second kappa shape index (κ2) is 8.48. The number of ether oxygens (including phenoxy) is 2. The number of nitrogens with zero attached hydrogens (tertiary/aromatic N) is 1. The van der Waals surface area contributed by atoms with E-state index in [1.54, 1.807) is 0 Å². The molecule has 1 aliphatic rings. The molecule has 1 N–H and O–H groups in total. The van der Waals surface area contributed by atoms with Crippen molar-refractivity contribution in [3.8, 4) is 0 Å². The Morgan fingerprint density at radius 1 is 0.967 bits per heavy atom. The van der Waals surface area contributed by atoms with Crippen LogP contribution >= 0.6 is 0 Å². The number of aliphatic hydroxyl groups is 1. The summed E-state index contributed by atoms with van der Waals surface area (Å²) in [6.45, 7) is 8.11. The Bertz CT molecular complexity index is 1000. The number of methoxy groups -OCH3 is 2. The molecule has 160 valence electrons. The fraction of sp³-hybridized carbons (Fsp3) is 0.417. The van der Waals surface area contributed by atoms with Crippen molar-refractivity contribution >= 4 is 28.4 Å². The van der Waals surface area contributed by atoms with Crippen molar-refractivity contribution in [2.45, 2.75) is 45.9 Å². The van der Waals surface area contributed by atoms with Crippen molar-refractivity contribution in [2.75, 3.05) is 14.2 Å².